The number of ether oxygens (including phenoxy) is 2. The van der Waals surface area contributed by atoms with Crippen LogP contribution in [0.3, 0.4) is 0 Å². The molecule has 0 aliphatic carbocycles. The number of nitrogens with one attached hydrogen (secondary N) is 1. The predicted octanol–water partition coefficient (Wildman–Crippen LogP) is 4.73. The van der Waals surface area contributed by atoms with E-state index < -0.39 is 23.4 Å². The molecule has 0 spiro atoms. The number of hydrogen-bond acceptors (Lipinski definition) is 5. The van der Waals surface area contributed by atoms with Crippen LogP contribution in [0, 0.1) is 0 Å². The molecule has 0 heterocycles. The SMILES string of the molecule is CC(C)(C)OC(=O)NN(C(=O)OC(C)(C)C)c1c(O)ccc2ccccc12. The van der Waals surface area contributed by atoms with Crippen molar-refractivity contribution < 1.29 is 24.2 Å². The van der Waals surface area contributed by atoms with Gasteiger partial charge in [-0.2, -0.15) is 5.01 Å². The minimum atomic E-state index is -0.847. The number of benzene rings is 2. The highest BCUT2D eigenvalue weighted by Gasteiger charge is 2.30. The van der Waals surface area contributed by atoms with Crippen molar-refractivity contribution in [1.82, 2.24) is 5.43 Å². The van der Waals surface area contributed by atoms with Gasteiger partial charge in [0.2, 0.25) is 0 Å². The van der Waals surface area contributed by atoms with Crippen LogP contribution in [0.5, 0.6) is 5.75 Å². The monoisotopic (exact) mass is 374 g/mol. The predicted molar refractivity (Wildman–Crippen MR) is 104 cm³/mol. The van der Waals surface area contributed by atoms with Crippen molar-refractivity contribution >= 4 is 28.6 Å². The van der Waals surface area contributed by atoms with E-state index in [1.807, 2.05) is 12.1 Å². The van der Waals surface area contributed by atoms with E-state index in [9.17, 15) is 14.7 Å². The van der Waals surface area contributed by atoms with Gasteiger partial charge in [0.25, 0.3) is 0 Å². The van der Waals surface area contributed by atoms with Gasteiger partial charge < -0.3 is 14.6 Å². The average Bonchev–Trinajstić information content (AvgIpc) is 2.49. The Balaban J connectivity index is 2.51. The number of fused-ring (bicyclic) bond motifs is 1. The van der Waals surface area contributed by atoms with Crippen molar-refractivity contribution in [2.75, 3.05) is 5.01 Å². The molecule has 146 valence electrons. The van der Waals surface area contributed by atoms with Gasteiger partial charge in [-0.3, -0.25) is 0 Å². The van der Waals surface area contributed by atoms with Crippen LogP contribution in [0.1, 0.15) is 41.5 Å². The molecule has 0 saturated heterocycles. The minimum Gasteiger partial charge on any atom is -0.506 e. The molecule has 0 aliphatic rings. The number of hydrazine groups is 1. The van der Waals surface area contributed by atoms with Crippen LogP contribution in [0.15, 0.2) is 36.4 Å². The van der Waals surface area contributed by atoms with Gasteiger partial charge in [-0.1, -0.05) is 30.3 Å². The Labute approximate surface area is 158 Å². The van der Waals surface area contributed by atoms with Crippen molar-refractivity contribution in [2.24, 2.45) is 0 Å². The highest BCUT2D eigenvalue weighted by Crippen LogP contribution is 2.35. The fraction of sp³-hybridized carbons (Fsp3) is 0.400. The Kier molecular flexibility index (Phi) is 5.54. The van der Waals surface area contributed by atoms with Crippen molar-refractivity contribution in [2.45, 2.75) is 52.7 Å². The zero-order chi connectivity index (χ0) is 20.4. The second-order valence-corrected chi connectivity index (χ2v) is 8.08. The summed E-state index contributed by atoms with van der Waals surface area (Å²) in [6.07, 6.45) is -1.69. The van der Waals surface area contributed by atoms with Crippen molar-refractivity contribution in [1.29, 1.82) is 0 Å². The molecule has 2 N–H and O–H groups in total. The molecule has 0 radical (unpaired) electrons. The molecule has 0 atom stereocenters. The summed E-state index contributed by atoms with van der Waals surface area (Å²) in [4.78, 5) is 25.1. The normalized spacial score (nSPS) is 11.8. The molecule has 2 aromatic carbocycles. The summed E-state index contributed by atoms with van der Waals surface area (Å²) >= 11 is 0. The molecule has 27 heavy (non-hydrogen) atoms. The molecule has 0 aliphatic heterocycles. The first-order valence-electron chi connectivity index (χ1n) is 8.61. The average molecular weight is 374 g/mol. The number of amides is 2. The first-order valence-corrected chi connectivity index (χ1v) is 8.61. The first-order chi connectivity index (χ1) is 12.4. The molecule has 7 heteroatoms. The number of rotatable bonds is 1. The van der Waals surface area contributed by atoms with Crippen molar-refractivity contribution in [3.05, 3.63) is 36.4 Å². The molecule has 0 saturated carbocycles. The standard InChI is InChI=1S/C20H26N2O5/c1-19(2,3)26-17(24)21-22(18(25)27-20(4,5)6)16-14-10-8-7-9-13(14)11-12-15(16)23/h7-12,23H,1-6H3,(H,21,24). The second kappa shape index (κ2) is 7.34. The fourth-order valence-corrected chi connectivity index (χ4v) is 2.37. The van der Waals surface area contributed by atoms with E-state index in [4.69, 9.17) is 9.47 Å². The van der Waals surface area contributed by atoms with Gasteiger partial charge in [-0.25, -0.2) is 15.0 Å². The summed E-state index contributed by atoms with van der Waals surface area (Å²) in [5.74, 6) is -0.185. The Bertz CT molecular complexity index is 850. The Morgan fingerprint density at radius 2 is 1.52 bits per heavy atom. The van der Waals surface area contributed by atoms with Gasteiger partial charge in [-0.15, -0.1) is 0 Å². The highest BCUT2D eigenvalue weighted by molar-refractivity contribution is 6.05. The van der Waals surface area contributed by atoms with Crippen LogP contribution < -0.4 is 10.4 Å². The Morgan fingerprint density at radius 1 is 0.926 bits per heavy atom. The highest BCUT2D eigenvalue weighted by atomic mass is 16.6. The molecule has 2 aromatic rings. The fourth-order valence-electron chi connectivity index (χ4n) is 2.37. The van der Waals surface area contributed by atoms with E-state index in [1.54, 1.807) is 59.7 Å². The van der Waals surface area contributed by atoms with E-state index in [0.717, 1.165) is 10.4 Å². The lowest BCUT2D eigenvalue weighted by atomic mass is 10.1. The number of hydrogen-bond donors (Lipinski definition) is 2. The van der Waals surface area contributed by atoms with E-state index >= 15 is 0 Å². The Morgan fingerprint density at radius 3 is 2.11 bits per heavy atom. The summed E-state index contributed by atoms with van der Waals surface area (Å²) in [5, 5.41) is 12.7. The molecule has 0 aromatic heterocycles. The van der Waals surface area contributed by atoms with Crippen molar-refractivity contribution in [3.63, 3.8) is 0 Å². The van der Waals surface area contributed by atoms with Crippen molar-refractivity contribution in [3.8, 4) is 5.75 Å². The summed E-state index contributed by atoms with van der Waals surface area (Å²) in [6, 6.07) is 10.3. The van der Waals surface area contributed by atoms with E-state index in [1.165, 1.54) is 6.07 Å². The van der Waals surface area contributed by atoms with Crippen LogP contribution in [0.4, 0.5) is 15.3 Å². The molecule has 0 unspecified atom stereocenters. The lowest BCUT2D eigenvalue weighted by Gasteiger charge is -2.29. The van der Waals surface area contributed by atoms with Gasteiger partial charge >= 0.3 is 12.2 Å². The number of nitrogens with zero attached hydrogens (tertiary/aromatic N) is 1. The summed E-state index contributed by atoms with van der Waals surface area (Å²) < 4.78 is 10.6. The summed E-state index contributed by atoms with van der Waals surface area (Å²) in [7, 11) is 0. The van der Waals surface area contributed by atoms with Gasteiger partial charge in [0.05, 0.1) is 0 Å². The maximum absolute atomic E-state index is 12.8. The smallest absolute Gasteiger partial charge is 0.434 e. The lowest BCUT2D eigenvalue weighted by molar-refractivity contribution is 0.0425. The van der Waals surface area contributed by atoms with Gasteiger partial charge in [0.1, 0.15) is 22.6 Å². The number of phenols is 1. The third-order valence-corrected chi connectivity index (χ3v) is 3.28. The number of anilines is 1. The molecular formula is C20H26N2O5. The molecular weight excluding hydrogens is 348 g/mol. The van der Waals surface area contributed by atoms with Crippen LogP contribution in [0.2, 0.25) is 0 Å². The van der Waals surface area contributed by atoms with E-state index in [0.29, 0.717) is 5.39 Å². The van der Waals surface area contributed by atoms with E-state index in [2.05, 4.69) is 5.43 Å². The molecule has 2 rings (SSSR count). The topological polar surface area (TPSA) is 88.1 Å². The van der Waals surface area contributed by atoms with E-state index in [-0.39, 0.29) is 11.4 Å². The van der Waals surface area contributed by atoms with Gasteiger partial charge in [-0.05, 0) is 53.0 Å². The largest absolute Gasteiger partial charge is 0.506 e. The molecule has 0 fully saturated rings. The molecule has 7 nitrogen and oxygen atoms in total. The first kappa shape index (κ1) is 20.4. The van der Waals surface area contributed by atoms with Gasteiger partial charge in [0.15, 0.2) is 0 Å². The summed E-state index contributed by atoms with van der Waals surface area (Å²) in [5.41, 5.74) is 0.928. The number of carbonyl (C=O) groups excluding carboxylic acids is 2. The van der Waals surface area contributed by atoms with Crippen LogP contribution in [-0.2, 0) is 9.47 Å². The molecule has 2 amide bonds. The number of carbonyl (C=O) groups is 2. The Hall–Kier alpha value is -2.96. The van der Waals surface area contributed by atoms with Crippen LogP contribution in [0.25, 0.3) is 10.8 Å². The lowest BCUT2D eigenvalue weighted by Crippen LogP contribution is -2.50. The van der Waals surface area contributed by atoms with Crippen LogP contribution >= 0.6 is 0 Å². The zero-order valence-electron chi connectivity index (χ0n) is 16.5. The van der Waals surface area contributed by atoms with Crippen LogP contribution in [-0.4, -0.2) is 28.5 Å². The third kappa shape index (κ3) is 5.51. The summed E-state index contributed by atoms with van der Waals surface area (Å²) in [6.45, 7) is 10.2. The minimum absolute atomic E-state index is 0.105. The number of aromatic hydroxyl groups is 1. The van der Waals surface area contributed by atoms with Gasteiger partial charge in [0, 0.05) is 5.39 Å². The third-order valence-electron chi connectivity index (χ3n) is 3.28. The second-order valence-electron chi connectivity index (χ2n) is 8.08. The molecule has 0 bridgehead atoms. The zero-order valence-corrected chi connectivity index (χ0v) is 16.5. The quantitative estimate of drug-likeness (QED) is 0.705. The number of phenolic OH excluding ortho intramolecular Hbond substituents is 1. The maximum Gasteiger partial charge on any atom is 0.434 e. The maximum atomic E-state index is 12.8.